The van der Waals surface area contributed by atoms with Crippen molar-refractivity contribution in [3.8, 4) is 0 Å². The third-order valence-corrected chi connectivity index (χ3v) is 3.85. The van der Waals surface area contributed by atoms with Crippen LogP contribution in [0.5, 0.6) is 0 Å². The molecule has 0 N–H and O–H groups in total. The van der Waals surface area contributed by atoms with Gasteiger partial charge in [-0.3, -0.25) is 4.79 Å². The highest BCUT2D eigenvalue weighted by molar-refractivity contribution is 6.30. The van der Waals surface area contributed by atoms with Crippen LogP contribution in [0, 0.1) is 6.92 Å². The van der Waals surface area contributed by atoms with Crippen molar-refractivity contribution in [2.75, 3.05) is 0 Å². The van der Waals surface area contributed by atoms with Gasteiger partial charge in [-0.05, 0) is 54.7 Å². The molecule has 0 atom stereocenters. The molecule has 0 heterocycles. The number of rotatable bonds is 0. The molecule has 0 amide bonds. The van der Waals surface area contributed by atoms with Gasteiger partial charge in [0.25, 0.3) is 0 Å². The summed E-state index contributed by atoms with van der Waals surface area (Å²) in [7, 11) is 0. The molecule has 2 aromatic rings. The first kappa shape index (κ1) is 11.5. The number of carbonyl (C=O) groups excluding carboxylic acids is 1. The number of ketones is 1. The van der Waals surface area contributed by atoms with Gasteiger partial charge in [0.05, 0.1) is 0 Å². The van der Waals surface area contributed by atoms with Crippen molar-refractivity contribution in [1.29, 1.82) is 0 Å². The summed E-state index contributed by atoms with van der Waals surface area (Å²) in [6.07, 6.45) is 1.78. The Hall–Kier alpha value is -1.60. The minimum absolute atomic E-state index is 0.123. The molecule has 1 nitrogen and oxygen atoms in total. The second kappa shape index (κ2) is 4.25. The first-order chi connectivity index (χ1) is 8.66. The van der Waals surface area contributed by atoms with Gasteiger partial charge in [-0.25, -0.2) is 0 Å². The Balaban J connectivity index is 2.22. The van der Waals surface area contributed by atoms with Gasteiger partial charge < -0.3 is 0 Å². The topological polar surface area (TPSA) is 17.1 Å². The summed E-state index contributed by atoms with van der Waals surface area (Å²) in [6, 6.07) is 11.5. The second-order valence-corrected chi connectivity index (χ2v) is 5.17. The van der Waals surface area contributed by atoms with E-state index in [0.29, 0.717) is 5.02 Å². The monoisotopic (exact) mass is 256 g/mol. The Labute approximate surface area is 111 Å². The highest BCUT2D eigenvalue weighted by atomic mass is 35.5. The lowest BCUT2D eigenvalue weighted by molar-refractivity contribution is 0.103. The maximum atomic E-state index is 12.5. The fourth-order valence-electron chi connectivity index (χ4n) is 2.64. The summed E-state index contributed by atoms with van der Waals surface area (Å²) in [5, 5.41) is 0.698. The summed E-state index contributed by atoms with van der Waals surface area (Å²) in [5.74, 6) is 0.123. The lowest BCUT2D eigenvalue weighted by atomic mass is 9.96. The van der Waals surface area contributed by atoms with Gasteiger partial charge in [-0.1, -0.05) is 29.8 Å². The number of hydrogen-bond acceptors (Lipinski definition) is 1. The van der Waals surface area contributed by atoms with Crippen LogP contribution in [0.1, 0.15) is 32.6 Å². The van der Waals surface area contributed by atoms with Gasteiger partial charge in [0.2, 0.25) is 0 Å². The molecule has 0 aromatic heterocycles. The molecule has 1 aliphatic carbocycles. The molecular weight excluding hydrogens is 244 g/mol. The van der Waals surface area contributed by atoms with Crippen LogP contribution in [0.3, 0.4) is 0 Å². The smallest absolute Gasteiger partial charge is 0.193 e. The van der Waals surface area contributed by atoms with E-state index in [0.717, 1.165) is 29.5 Å². The number of hydrogen-bond donors (Lipinski definition) is 0. The predicted octanol–water partition coefficient (Wildman–Crippen LogP) is 3.98. The molecule has 2 heteroatoms. The molecule has 0 saturated carbocycles. The molecular formula is C16H13ClO. The van der Waals surface area contributed by atoms with Crippen LogP contribution in [0.2, 0.25) is 5.02 Å². The first-order valence-corrected chi connectivity index (χ1v) is 6.46. The molecule has 18 heavy (non-hydrogen) atoms. The van der Waals surface area contributed by atoms with Crippen molar-refractivity contribution in [1.82, 2.24) is 0 Å². The highest BCUT2D eigenvalue weighted by Gasteiger charge is 2.21. The molecule has 0 fully saturated rings. The van der Waals surface area contributed by atoms with Crippen molar-refractivity contribution in [2.24, 2.45) is 0 Å². The molecule has 90 valence electrons. The van der Waals surface area contributed by atoms with E-state index >= 15 is 0 Å². The van der Waals surface area contributed by atoms with Crippen molar-refractivity contribution >= 4 is 17.4 Å². The largest absolute Gasteiger partial charge is 0.289 e. The van der Waals surface area contributed by atoms with Crippen molar-refractivity contribution in [3.05, 3.63) is 69.2 Å². The third kappa shape index (κ3) is 1.75. The molecule has 2 aromatic carbocycles. The quantitative estimate of drug-likeness (QED) is 0.697. The molecule has 0 spiro atoms. The van der Waals surface area contributed by atoms with Crippen LogP contribution < -0.4 is 0 Å². The number of halogens is 1. The minimum Gasteiger partial charge on any atom is -0.289 e. The van der Waals surface area contributed by atoms with Gasteiger partial charge in [0.15, 0.2) is 5.78 Å². The molecule has 3 rings (SSSR count). The molecule has 0 bridgehead atoms. The van der Waals surface area contributed by atoms with E-state index < -0.39 is 0 Å². The number of fused-ring (bicyclic) bond motifs is 2. The average Bonchev–Trinajstić information content (AvgIpc) is 2.49. The fraction of sp³-hybridized carbons (Fsp3) is 0.188. The van der Waals surface area contributed by atoms with Gasteiger partial charge in [-0.2, -0.15) is 0 Å². The predicted molar refractivity (Wildman–Crippen MR) is 73.5 cm³/mol. The Morgan fingerprint density at radius 3 is 2.72 bits per heavy atom. The lowest BCUT2D eigenvalue weighted by Gasteiger charge is -2.07. The molecule has 0 unspecified atom stereocenters. The van der Waals surface area contributed by atoms with E-state index in [9.17, 15) is 4.79 Å². The standard InChI is InChI=1S/C16H13ClO/c1-10-3-2-4-15-13(10)7-5-11-9-12(17)6-8-14(11)16(15)18/h2-4,6,8-9H,5,7H2,1H3. The Morgan fingerprint density at radius 2 is 1.89 bits per heavy atom. The fourth-order valence-corrected chi connectivity index (χ4v) is 2.84. The zero-order valence-electron chi connectivity index (χ0n) is 10.2. The molecule has 0 aliphatic heterocycles. The van der Waals surface area contributed by atoms with Crippen LogP contribution in [-0.4, -0.2) is 5.78 Å². The molecule has 0 saturated heterocycles. The SMILES string of the molecule is Cc1cccc2c1CCc1cc(Cl)ccc1C2=O. The second-order valence-electron chi connectivity index (χ2n) is 4.73. The third-order valence-electron chi connectivity index (χ3n) is 3.61. The number of benzene rings is 2. The molecule has 0 radical (unpaired) electrons. The van der Waals surface area contributed by atoms with E-state index in [-0.39, 0.29) is 5.78 Å². The normalized spacial score (nSPS) is 13.8. The number of carbonyl (C=O) groups is 1. The van der Waals surface area contributed by atoms with Gasteiger partial charge >= 0.3 is 0 Å². The average molecular weight is 257 g/mol. The van der Waals surface area contributed by atoms with Crippen LogP contribution in [0.15, 0.2) is 36.4 Å². The summed E-state index contributed by atoms with van der Waals surface area (Å²) < 4.78 is 0. The van der Waals surface area contributed by atoms with E-state index in [4.69, 9.17) is 11.6 Å². The zero-order valence-corrected chi connectivity index (χ0v) is 10.9. The van der Waals surface area contributed by atoms with E-state index in [1.165, 1.54) is 11.1 Å². The highest BCUT2D eigenvalue weighted by Crippen LogP contribution is 2.28. The zero-order chi connectivity index (χ0) is 12.7. The summed E-state index contributed by atoms with van der Waals surface area (Å²) in [4.78, 5) is 12.5. The first-order valence-electron chi connectivity index (χ1n) is 6.08. The van der Waals surface area contributed by atoms with Crippen molar-refractivity contribution in [3.63, 3.8) is 0 Å². The van der Waals surface area contributed by atoms with E-state index in [2.05, 4.69) is 13.0 Å². The van der Waals surface area contributed by atoms with Crippen molar-refractivity contribution < 1.29 is 4.79 Å². The van der Waals surface area contributed by atoms with Crippen LogP contribution >= 0.6 is 11.6 Å². The summed E-state index contributed by atoms with van der Waals surface area (Å²) in [6.45, 7) is 2.06. The summed E-state index contributed by atoms with van der Waals surface area (Å²) >= 11 is 6.01. The number of aryl methyl sites for hydroxylation is 2. The van der Waals surface area contributed by atoms with E-state index in [1.54, 1.807) is 6.07 Å². The van der Waals surface area contributed by atoms with E-state index in [1.807, 2.05) is 24.3 Å². The van der Waals surface area contributed by atoms with Crippen LogP contribution in [0.4, 0.5) is 0 Å². The molecule has 1 aliphatic rings. The maximum Gasteiger partial charge on any atom is 0.193 e. The van der Waals surface area contributed by atoms with Crippen LogP contribution in [0.25, 0.3) is 0 Å². The minimum atomic E-state index is 0.123. The Bertz CT molecular complexity index is 644. The van der Waals surface area contributed by atoms with Gasteiger partial charge in [0.1, 0.15) is 0 Å². The summed E-state index contributed by atoms with van der Waals surface area (Å²) in [5.41, 5.74) is 5.07. The van der Waals surface area contributed by atoms with Crippen molar-refractivity contribution in [2.45, 2.75) is 19.8 Å². The van der Waals surface area contributed by atoms with Gasteiger partial charge in [0, 0.05) is 16.1 Å². The van der Waals surface area contributed by atoms with Crippen LogP contribution in [-0.2, 0) is 12.8 Å². The van der Waals surface area contributed by atoms with Gasteiger partial charge in [-0.15, -0.1) is 0 Å². The lowest BCUT2D eigenvalue weighted by Crippen LogP contribution is -2.04. The maximum absolute atomic E-state index is 12.5. The Morgan fingerprint density at radius 1 is 1.06 bits per heavy atom. The Kier molecular flexibility index (Phi) is 2.71.